The summed E-state index contributed by atoms with van der Waals surface area (Å²) in [5.74, 6) is -1.83. The van der Waals surface area contributed by atoms with E-state index in [1.165, 1.54) is 5.69 Å². The summed E-state index contributed by atoms with van der Waals surface area (Å²) >= 11 is 0. The number of nitrogens with one attached hydrogen (secondary N) is 1. The summed E-state index contributed by atoms with van der Waals surface area (Å²) in [6, 6.07) is 6.34. The molecule has 0 atom stereocenters. The number of hydrogen-bond donors (Lipinski definition) is 3. The number of aromatic carboxylic acids is 1. The number of benzene rings is 1. The van der Waals surface area contributed by atoms with Gasteiger partial charge in [-0.3, -0.25) is 4.79 Å². The third-order valence-corrected chi connectivity index (χ3v) is 5.98. The van der Waals surface area contributed by atoms with Crippen molar-refractivity contribution < 1.29 is 15.0 Å². The van der Waals surface area contributed by atoms with Crippen molar-refractivity contribution in [3.63, 3.8) is 0 Å². The third-order valence-electron chi connectivity index (χ3n) is 5.98. The molecule has 7 nitrogen and oxygen atoms in total. The van der Waals surface area contributed by atoms with E-state index in [0.29, 0.717) is 17.7 Å². The number of aromatic amines is 1. The van der Waals surface area contributed by atoms with E-state index in [1.807, 2.05) is 6.07 Å². The lowest BCUT2D eigenvalue weighted by molar-refractivity contribution is 0.0691. The van der Waals surface area contributed by atoms with Crippen LogP contribution in [-0.2, 0) is 26.4 Å². The average Bonchev–Trinajstić information content (AvgIpc) is 2.85. The molecule has 0 saturated heterocycles. The lowest BCUT2D eigenvalue weighted by Crippen LogP contribution is -2.20. The topological polar surface area (TPSA) is 98.6 Å². The standard InChI is InChI=1S/C22H25N3O4.ClH/c1-4-24(2)11-14-8-13-9-16-12(10-17(13)25(14)3)6-5-7-15-19(16)23-21(27)18(20(15)26)22(28)29;/h8-10H,4-7,11H2,1-3H3,(H,28,29)(H2,23,26,27);1H. The van der Waals surface area contributed by atoms with Gasteiger partial charge in [-0.2, -0.15) is 0 Å². The van der Waals surface area contributed by atoms with Crippen LogP contribution in [0, 0.1) is 0 Å². The van der Waals surface area contributed by atoms with Gasteiger partial charge < -0.3 is 24.7 Å². The summed E-state index contributed by atoms with van der Waals surface area (Å²) in [4.78, 5) is 28.7. The van der Waals surface area contributed by atoms with E-state index in [-0.39, 0.29) is 12.4 Å². The quantitative estimate of drug-likeness (QED) is 0.588. The maximum atomic E-state index is 12.3. The molecule has 1 aliphatic rings. The largest absolute Gasteiger partial charge is 0.506 e. The highest BCUT2D eigenvalue weighted by atomic mass is 35.5. The van der Waals surface area contributed by atoms with Crippen molar-refractivity contribution in [2.45, 2.75) is 32.7 Å². The zero-order chi connectivity index (χ0) is 20.9. The number of carboxylic acids is 1. The number of carbonyl (C=O) groups is 1. The van der Waals surface area contributed by atoms with Crippen molar-refractivity contribution in [1.29, 1.82) is 0 Å². The highest BCUT2D eigenvalue weighted by Gasteiger charge is 2.26. The minimum absolute atomic E-state index is 0. The molecule has 0 bridgehead atoms. The molecule has 3 aromatic rings. The van der Waals surface area contributed by atoms with Crippen molar-refractivity contribution in [1.82, 2.24) is 14.5 Å². The molecule has 0 radical (unpaired) electrons. The molecule has 0 amide bonds. The summed E-state index contributed by atoms with van der Waals surface area (Å²) in [5, 5.41) is 20.9. The van der Waals surface area contributed by atoms with Crippen molar-refractivity contribution >= 4 is 29.3 Å². The van der Waals surface area contributed by atoms with Crippen LogP contribution >= 0.6 is 12.4 Å². The monoisotopic (exact) mass is 431 g/mol. The number of carboxylic acid groups (broad SMARTS) is 1. The predicted octanol–water partition coefficient (Wildman–Crippen LogP) is 3.30. The fourth-order valence-corrected chi connectivity index (χ4v) is 4.22. The molecule has 2 heterocycles. The summed E-state index contributed by atoms with van der Waals surface area (Å²) in [6.07, 6.45) is 2.06. The molecule has 0 aliphatic heterocycles. The molecule has 8 heteroatoms. The van der Waals surface area contributed by atoms with Crippen molar-refractivity contribution in [2.24, 2.45) is 7.05 Å². The Morgan fingerprint density at radius 1 is 1.27 bits per heavy atom. The van der Waals surface area contributed by atoms with Gasteiger partial charge in [-0.1, -0.05) is 6.92 Å². The van der Waals surface area contributed by atoms with E-state index >= 15 is 0 Å². The van der Waals surface area contributed by atoms with Gasteiger partial charge in [-0.25, -0.2) is 4.79 Å². The molecule has 0 fully saturated rings. The Kier molecular flexibility index (Phi) is 5.97. The van der Waals surface area contributed by atoms with E-state index < -0.39 is 22.8 Å². The van der Waals surface area contributed by atoms with Crippen LogP contribution in [0.2, 0.25) is 0 Å². The van der Waals surface area contributed by atoms with Gasteiger partial charge in [0.2, 0.25) is 0 Å². The fourth-order valence-electron chi connectivity index (χ4n) is 4.22. The second-order valence-corrected chi connectivity index (χ2v) is 7.78. The van der Waals surface area contributed by atoms with Crippen molar-refractivity contribution in [3.8, 4) is 17.0 Å². The molecule has 3 N–H and O–H groups in total. The van der Waals surface area contributed by atoms with Gasteiger partial charge >= 0.3 is 5.97 Å². The summed E-state index contributed by atoms with van der Waals surface area (Å²) in [7, 11) is 4.14. The van der Waals surface area contributed by atoms with Crippen LogP contribution < -0.4 is 5.56 Å². The number of pyridine rings is 1. The van der Waals surface area contributed by atoms with Crippen LogP contribution in [-0.4, -0.2) is 44.2 Å². The molecule has 160 valence electrons. The van der Waals surface area contributed by atoms with Crippen LogP contribution in [0.5, 0.6) is 5.75 Å². The van der Waals surface area contributed by atoms with E-state index in [2.05, 4.69) is 47.6 Å². The normalized spacial score (nSPS) is 12.9. The maximum Gasteiger partial charge on any atom is 0.345 e. The lowest BCUT2D eigenvalue weighted by Gasteiger charge is -2.14. The Balaban J connectivity index is 0.00000256. The first-order valence-electron chi connectivity index (χ1n) is 9.83. The second-order valence-electron chi connectivity index (χ2n) is 7.78. The van der Waals surface area contributed by atoms with E-state index in [1.54, 1.807) is 0 Å². The molecule has 0 spiro atoms. The molecule has 2 aromatic heterocycles. The Labute approximate surface area is 180 Å². The van der Waals surface area contributed by atoms with Crippen LogP contribution in [0.3, 0.4) is 0 Å². The number of fused-ring (bicyclic) bond motifs is 4. The molecule has 0 saturated carbocycles. The average molecular weight is 432 g/mol. The van der Waals surface area contributed by atoms with Gasteiger partial charge in [0, 0.05) is 41.3 Å². The minimum atomic E-state index is -1.42. The van der Waals surface area contributed by atoms with Crippen LogP contribution in [0.25, 0.3) is 22.2 Å². The van der Waals surface area contributed by atoms with E-state index in [9.17, 15) is 19.8 Å². The van der Waals surface area contributed by atoms with E-state index in [4.69, 9.17) is 0 Å². The first kappa shape index (κ1) is 21.9. The zero-order valence-electron chi connectivity index (χ0n) is 17.3. The smallest absolute Gasteiger partial charge is 0.345 e. The fraction of sp³-hybridized carbons (Fsp3) is 0.364. The number of aromatic hydroxyl groups is 1. The second kappa shape index (κ2) is 8.16. The van der Waals surface area contributed by atoms with Crippen molar-refractivity contribution in [3.05, 3.63) is 50.9 Å². The number of aromatic nitrogens is 2. The molecular weight excluding hydrogens is 406 g/mol. The van der Waals surface area contributed by atoms with Crippen LogP contribution in [0.15, 0.2) is 23.0 Å². The van der Waals surface area contributed by atoms with Gasteiger partial charge in [0.05, 0.1) is 5.69 Å². The molecule has 1 aromatic carbocycles. The van der Waals surface area contributed by atoms with Crippen LogP contribution in [0.4, 0.5) is 0 Å². The first-order chi connectivity index (χ1) is 13.8. The van der Waals surface area contributed by atoms with Crippen molar-refractivity contribution in [2.75, 3.05) is 13.6 Å². The van der Waals surface area contributed by atoms with Crippen LogP contribution in [0.1, 0.15) is 40.5 Å². The van der Waals surface area contributed by atoms with Gasteiger partial charge in [0.25, 0.3) is 5.56 Å². The van der Waals surface area contributed by atoms with Gasteiger partial charge in [0.15, 0.2) is 5.56 Å². The molecule has 30 heavy (non-hydrogen) atoms. The third kappa shape index (κ3) is 3.48. The number of hydrogen-bond acceptors (Lipinski definition) is 4. The number of H-pyrrole nitrogens is 1. The molecule has 4 rings (SSSR count). The highest BCUT2D eigenvalue weighted by molar-refractivity contribution is 5.93. The molecule has 1 aliphatic carbocycles. The maximum absolute atomic E-state index is 12.3. The Hall–Kier alpha value is -2.77. The number of rotatable bonds is 4. The van der Waals surface area contributed by atoms with Gasteiger partial charge in [-0.15, -0.1) is 12.4 Å². The zero-order valence-corrected chi connectivity index (χ0v) is 18.1. The SMILES string of the molecule is CCN(C)Cc1cc2cc3c(cc2n1C)CCCc1c-3[nH]c(=O)c(C(=O)O)c1O.Cl. The number of halogens is 1. The van der Waals surface area contributed by atoms with E-state index in [0.717, 1.165) is 48.0 Å². The summed E-state index contributed by atoms with van der Waals surface area (Å²) < 4.78 is 2.20. The predicted molar refractivity (Wildman–Crippen MR) is 119 cm³/mol. The van der Waals surface area contributed by atoms with Gasteiger partial charge in [0.1, 0.15) is 5.75 Å². The minimum Gasteiger partial charge on any atom is -0.506 e. The number of nitrogens with zero attached hydrogens (tertiary/aromatic N) is 2. The molecule has 0 unspecified atom stereocenters. The Bertz CT molecular complexity index is 1200. The number of aryl methyl sites for hydroxylation is 2. The summed E-state index contributed by atoms with van der Waals surface area (Å²) in [6.45, 7) is 3.91. The Morgan fingerprint density at radius 2 is 2.00 bits per heavy atom. The highest BCUT2D eigenvalue weighted by Crippen LogP contribution is 2.38. The summed E-state index contributed by atoms with van der Waals surface area (Å²) in [5.41, 5.74) is 3.94. The Morgan fingerprint density at radius 3 is 2.67 bits per heavy atom. The lowest BCUT2D eigenvalue weighted by atomic mass is 9.98. The first-order valence-corrected chi connectivity index (χ1v) is 9.83. The van der Waals surface area contributed by atoms with Gasteiger partial charge in [-0.05, 0) is 56.6 Å². The molecular formula is C22H26ClN3O4.